The molecular formula is C25H37N5O4. The van der Waals surface area contributed by atoms with Gasteiger partial charge in [0.2, 0.25) is 17.6 Å². The number of aryl methyl sites for hydroxylation is 2. The second-order valence-corrected chi connectivity index (χ2v) is 9.74. The minimum atomic E-state index is -0.519. The summed E-state index contributed by atoms with van der Waals surface area (Å²) in [6, 6.07) is 8.08. The number of carbonyl (C=O) groups excluding carboxylic acids is 2. The first kappa shape index (κ1) is 25.7. The van der Waals surface area contributed by atoms with Crippen LogP contribution in [0.3, 0.4) is 0 Å². The van der Waals surface area contributed by atoms with Crippen LogP contribution in [0.25, 0.3) is 11.4 Å². The number of aromatic nitrogens is 2. The molecule has 2 aromatic rings. The van der Waals surface area contributed by atoms with E-state index in [0.29, 0.717) is 31.1 Å². The predicted octanol–water partition coefficient (Wildman–Crippen LogP) is 3.43. The summed E-state index contributed by atoms with van der Waals surface area (Å²) in [6.07, 6.45) is 2.26. The van der Waals surface area contributed by atoms with Crippen molar-refractivity contribution in [3.8, 4) is 11.4 Å². The van der Waals surface area contributed by atoms with E-state index in [9.17, 15) is 9.59 Å². The number of piperazine rings is 1. The van der Waals surface area contributed by atoms with E-state index in [1.165, 1.54) is 5.56 Å². The maximum absolute atomic E-state index is 12.5. The third-order valence-corrected chi connectivity index (χ3v) is 5.60. The van der Waals surface area contributed by atoms with Gasteiger partial charge in [0.15, 0.2) is 0 Å². The van der Waals surface area contributed by atoms with Crippen LogP contribution in [0.1, 0.15) is 51.5 Å². The molecule has 0 unspecified atom stereocenters. The van der Waals surface area contributed by atoms with E-state index in [1.807, 2.05) is 56.9 Å². The molecular weight excluding hydrogens is 434 g/mol. The molecule has 0 bridgehead atoms. The lowest BCUT2D eigenvalue weighted by atomic mass is 10.1. The minimum absolute atomic E-state index is 0.139. The van der Waals surface area contributed by atoms with E-state index in [0.717, 1.165) is 51.1 Å². The number of ether oxygens (including phenoxy) is 1. The molecule has 3 rings (SSSR count). The quantitative estimate of drug-likeness (QED) is 0.559. The van der Waals surface area contributed by atoms with Crippen LogP contribution in [0, 0.1) is 6.92 Å². The Morgan fingerprint density at radius 3 is 2.47 bits per heavy atom. The molecule has 0 radical (unpaired) electrons. The van der Waals surface area contributed by atoms with Crippen LogP contribution in [-0.2, 0) is 16.0 Å². The minimum Gasteiger partial charge on any atom is -0.444 e. The van der Waals surface area contributed by atoms with E-state index in [1.54, 1.807) is 0 Å². The largest absolute Gasteiger partial charge is 0.444 e. The molecule has 1 N–H and O–H groups in total. The van der Waals surface area contributed by atoms with Gasteiger partial charge in [0.25, 0.3) is 0 Å². The van der Waals surface area contributed by atoms with Gasteiger partial charge in [-0.25, -0.2) is 4.79 Å². The molecule has 2 amide bonds. The van der Waals surface area contributed by atoms with Crippen molar-refractivity contribution in [3.05, 3.63) is 35.7 Å². The van der Waals surface area contributed by atoms with E-state index < -0.39 is 11.7 Å². The van der Waals surface area contributed by atoms with Crippen molar-refractivity contribution in [2.45, 2.75) is 59.0 Å². The normalized spacial score (nSPS) is 14.8. The second-order valence-electron chi connectivity index (χ2n) is 9.74. The highest BCUT2D eigenvalue weighted by Gasteiger charge is 2.21. The number of alkyl carbamates (subject to hydrolysis) is 1. The average molecular weight is 472 g/mol. The monoisotopic (exact) mass is 471 g/mol. The van der Waals surface area contributed by atoms with Crippen LogP contribution in [0.5, 0.6) is 0 Å². The molecule has 0 spiro atoms. The van der Waals surface area contributed by atoms with Gasteiger partial charge in [0, 0.05) is 51.1 Å². The number of carbonyl (C=O) groups is 2. The lowest BCUT2D eigenvalue weighted by molar-refractivity contribution is -0.133. The van der Waals surface area contributed by atoms with Crippen LogP contribution in [0.15, 0.2) is 28.8 Å². The molecule has 9 heteroatoms. The summed E-state index contributed by atoms with van der Waals surface area (Å²) < 4.78 is 10.6. The highest BCUT2D eigenvalue weighted by Crippen LogP contribution is 2.17. The Morgan fingerprint density at radius 1 is 1.09 bits per heavy atom. The Labute approximate surface area is 201 Å². The highest BCUT2D eigenvalue weighted by atomic mass is 16.6. The van der Waals surface area contributed by atoms with Crippen molar-refractivity contribution in [3.63, 3.8) is 0 Å². The number of nitrogens with zero attached hydrogens (tertiary/aromatic N) is 4. The summed E-state index contributed by atoms with van der Waals surface area (Å²) in [6.45, 7) is 12.1. The maximum Gasteiger partial charge on any atom is 0.407 e. The number of amides is 2. The van der Waals surface area contributed by atoms with Crippen molar-refractivity contribution in [1.82, 2.24) is 25.3 Å². The number of hydrogen-bond donors (Lipinski definition) is 1. The topological polar surface area (TPSA) is 101 Å². The second kappa shape index (κ2) is 12.0. The van der Waals surface area contributed by atoms with Gasteiger partial charge in [-0.3, -0.25) is 9.69 Å². The fraction of sp³-hybridized carbons (Fsp3) is 0.600. The zero-order valence-corrected chi connectivity index (χ0v) is 20.8. The van der Waals surface area contributed by atoms with Gasteiger partial charge < -0.3 is 19.5 Å². The summed E-state index contributed by atoms with van der Waals surface area (Å²) in [5.74, 6) is 1.42. The summed E-state index contributed by atoms with van der Waals surface area (Å²) in [4.78, 5) is 32.9. The van der Waals surface area contributed by atoms with E-state index in [2.05, 4.69) is 20.4 Å². The van der Waals surface area contributed by atoms with Crippen molar-refractivity contribution in [2.75, 3.05) is 39.3 Å². The summed E-state index contributed by atoms with van der Waals surface area (Å²) >= 11 is 0. The van der Waals surface area contributed by atoms with Crippen molar-refractivity contribution in [1.29, 1.82) is 0 Å². The molecule has 0 aliphatic carbocycles. The van der Waals surface area contributed by atoms with Gasteiger partial charge in [-0.1, -0.05) is 35.0 Å². The zero-order chi connectivity index (χ0) is 24.6. The number of nitrogens with one attached hydrogen (secondary N) is 1. The Bertz CT molecular complexity index is 928. The summed E-state index contributed by atoms with van der Waals surface area (Å²) in [5.41, 5.74) is 1.64. The number of rotatable bonds is 9. The van der Waals surface area contributed by atoms with E-state index >= 15 is 0 Å². The Hall–Kier alpha value is -2.94. The fourth-order valence-corrected chi connectivity index (χ4v) is 3.75. The van der Waals surface area contributed by atoms with Crippen LogP contribution in [-0.4, -0.2) is 76.8 Å². The molecule has 1 aromatic carbocycles. The summed E-state index contributed by atoms with van der Waals surface area (Å²) in [5, 5.41) is 6.79. The van der Waals surface area contributed by atoms with Crippen molar-refractivity contribution >= 4 is 12.0 Å². The lowest BCUT2D eigenvalue weighted by Crippen LogP contribution is -2.49. The van der Waals surface area contributed by atoms with Gasteiger partial charge in [0.05, 0.1) is 0 Å². The lowest BCUT2D eigenvalue weighted by Gasteiger charge is -2.34. The molecule has 1 saturated heterocycles. The molecule has 1 aliphatic rings. The van der Waals surface area contributed by atoms with Crippen molar-refractivity contribution in [2.24, 2.45) is 0 Å². The van der Waals surface area contributed by atoms with Crippen LogP contribution in [0.4, 0.5) is 4.79 Å². The van der Waals surface area contributed by atoms with Crippen LogP contribution in [0.2, 0.25) is 0 Å². The van der Waals surface area contributed by atoms with Gasteiger partial charge in [-0.05, 0) is 47.1 Å². The molecule has 2 heterocycles. The molecule has 1 fully saturated rings. The molecule has 1 aliphatic heterocycles. The molecule has 1 aromatic heterocycles. The van der Waals surface area contributed by atoms with E-state index in [4.69, 9.17) is 9.26 Å². The number of benzene rings is 1. The molecule has 9 nitrogen and oxygen atoms in total. The van der Waals surface area contributed by atoms with Gasteiger partial charge in [-0.15, -0.1) is 0 Å². The molecule has 0 saturated carbocycles. The van der Waals surface area contributed by atoms with Gasteiger partial charge in [-0.2, -0.15) is 4.98 Å². The molecule has 0 atom stereocenters. The first-order valence-corrected chi connectivity index (χ1v) is 12.1. The van der Waals surface area contributed by atoms with E-state index in [-0.39, 0.29) is 5.91 Å². The van der Waals surface area contributed by atoms with Crippen molar-refractivity contribution < 1.29 is 18.8 Å². The first-order chi connectivity index (χ1) is 16.2. The maximum atomic E-state index is 12.5. The van der Waals surface area contributed by atoms with Crippen LogP contribution >= 0.6 is 0 Å². The third kappa shape index (κ3) is 8.44. The molecule has 34 heavy (non-hydrogen) atoms. The highest BCUT2D eigenvalue weighted by molar-refractivity contribution is 5.76. The Kier molecular flexibility index (Phi) is 9.04. The third-order valence-electron chi connectivity index (χ3n) is 5.60. The van der Waals surface area contributed by atoms with Crippen LogP contribution < -0.4 is 5.32 Å². The standard InChI is InChI=1S/C25H37N5O4/c1-19-9-11-20(12-10-19)23-27-21(34-28-23)7-6-14-29-15-17-30(18-16-29)22(31)8-5-13-26-24(32)33-25(2,3)4/h9-12H,5-8,13-18H2,1-4H3,(H,26,32). The zero-order valence-electron chi connectivity index (χ0n) is 20.8. The smallest absolute Gasteiger partial charge is 0.407 e. The Morgan fingerprint density at radius 2 is 1.79 bits per heavy atom. The molecule has 186 valence electrons. The predicted molar refractivity (Wildman–Crippen MR) is 129 cm³/mol. The SMILES string of the molecule is Cc1ccc(-c2noc(CCCN3CCN(C(=O)CCCNC(=O)OC(C)(C)C)CC3)n2)cc1. The fourth-order valence-electron chi connectivity index (χ4n) is 3.75. The first-order valence-electron chi connectivity index (χ1n) is 12.1. The Balaban J connectivity index is 1.28. The summed E-state index contributed by atoms with van der Waals surface area (Å²) in [7, 11) is 0. The van der Waals surface area contributed by atoms with Gasteiger partial charge >= 0.3 is 6.09 Å². The number of hydrogen-bond acceptors (Lipinski definition) is 7. The van der Waals surface area contributed by atoms with Gasteiger partial charge in [0.1, 0.15) is 5.60 Å². The average Bonchev–Trinajstić information content (AvgIpc) is 3.25.